The average molecular weight is 443 g/mol. The molecule has 2 rings (SSSR count). The predicted octanol–water partition coefficient (Wildman–Crippen LogP) is 4.31. The van der Waals surface area contributed by atoms with Crippen molar-refractivity contribution in [2.45, 2.75) is 31.6 Å². The first-order valence-corrected chi connectivity index (χ1v) is 11.1. The summed E-state index contributed by atoms with van der Waals surface area (Å²) in [4.78, 5) is 12.1. The first-order chi connectivity index (χ1) is 13.8. The fourth-order valence-electron chi connectivity index (χ4n) is 2.68. The van der Waals surface area contributed by atoms with Crippen LogP contribution in [0.1, 0.15) is 26.7 Å². The number of anilines is 1. The highest BCUT2D eigenvalue weighted by molar-refractivity contribution is 7.89. The fraction of sp³-hybridized carbons (Fsp3) is 0.350. The number of nitrogens with one attached hydrogen (secondary N) is 1. The summed E-state index contributed by atoms with van der Waals surface area (Å²) < 4.78 is 45.2. The maximum absolute atomic E-state index is 13.1. The van der Waals surface area contributed by atoms with Gasteiger partial charge in [-0.2, -0.15) is 4.31 Å². The van der Waals surface area contributed by atoms with Crippen LogP contribution in [0.2, 0.25) is 5.02 Å². The Morgan fingerprint density at radius 3 is 2.55 bits per heavy atom. The van der Waals surface area contributed by atoms with E-state index in [0.717, 1.165) is 0 Å². The number of sulfonamides is 1. The summed E-state index contributed by atoms with van der Waals surface area (Å²) >= 11 is 6.09. The molecule has 0 saturated carbocycles. The Morgan fingerprint density at radius 1 is 1.17 bits per heavy atom. The van der Waals surface area contributed by atoms with E-state index in [1.807, 2.05) is 0 Å². The molecule has 9 heteroatoms. The lowest BCUT2D eigenvalue weighted by atomic mass is 10.2. The largest absolute Gasteiger partial charge is 0.493 e. The summed E-state index contributed by atoms with van der Waals surface area (Å²) in [6, 6.07) is 10.1. The van der Waals surface area contributed by atoms with Gasteiger partial charge in [0, 0.05) is 31.3 Å². The summed E-state index contributed by atoms with van der Waals surface area (Å²) in [6.07, 6.45) is 0.580. The minimum Gasteiger partial charge on any atom is -0.493 e. The molecular weight excluding hydrogens is 419 g/mol. The maximum Gasteiger partial charge on any atom is 0.244 e. The van der Waals surface area contributed by atoms with Crippen LogP contribution in [-0.2, 0) is 14.8 Å². The molecule has 2 aromatic carbocycles. The van der Waals surface area contributed by atoms with Gasteiger partial charge in [-0.15, -0.1) is 0 Å². The third-order valence-corrected chi connectivity index (χ3v) is 6.68. The number of carbonyl (C=O) groups is 1. The molecule has 158 valence electrons. The van der Waals surface area contributed by atoms with E-state index in [1.54, 1.807) is 32.0 Å². The van der Waals surface area contributed by atoms with Crippen LogP contribution in [0.5, 0.6) is 5.75 Å². The van der Waals surface area contributed by atoms with E-state index >= 15 is 0 Å². The molecule has 0 aliphatic carbocycles. The second kappa shape index (κ2) is 10.6. The molecule has 0 unspecified atom stereocenters. The quantitative estimate of drug-likeness (QED) is 0.556. The van der Waals surface area contributed by atoms with Crippen LogP contribution in [0.4, 0.5) is 10.1 Å². The van der Waals surface area contributed by atoms with Gasteiger partial charge in [0.2, 0.25) is 15.9 Å². The number of rotatable bonds is 10. The highest BCUT2D eigenvalue weighted by atomic mass is 35.5. The molecule has 1 N–H and O–H groups in total. The average Bonchev–Trinajstić information content (AvgIpc) is 2.67. The summed E-state index contributed by atoms with van der Waals surface area (Å²) in [6.45, 7) is 4.37. The SMILES string of the molecule is CCN(CC)S(=O)(=O)c1cc(NC(=O)CCCOc2cccc(F)c2)ccc1Cl. The van der Waals surface area contributed by atoms with E-state index in [2.05, 4.69) is 5.32 Å². The molecule has 0 spiro atoms. The molecular formula is C20H24ClFN2O4S. The standard InChI is InChI=1S/C20H24ClFN2O4S/c1-3-24(4-2)29(26,27)19-14-16(10-11-18(19)21)23-20(25)9-6-12-28-17-8-5-7-15(22)13-17/h5,7-8,10-11,13-14H,3-4,6,9,12H2,1-2H3,(H,23,25). The summed E-state index contributed by atoms with van der Waals surface area (Å²) in [5.41, 5.74) is 0.344. The van der Waals surface area contributed by atoms with E-state index in [9.17, 15) is 17.6 Å². The van der Waals surface area contributed by atoms with Crippen LogP contribution in [0.15, 0.2) is 47.4 Å². The highest BCUT2D eigenvalue weighted by Gasteiger charge is 2.24. The summed E-state index contributed by atoms with van der Waals surface area (Å²) in [5.74, 6) is -0.283. The Hall–Kier alpha value is -2.16. The molecule has 6 nitrogen and oxygen atoms in total. The number of nitrogens with zero attached hydrogens (tertiary/aromatic N) is 1. The van der Waals surface area contributed by atoms with Crippen LogP contribution >= 0.6 is 11.6 Å². The van der Waals surface area contributed by atoms with E-state index in [4.69, 9.17) is 16.3 Å². The predicted molar refractivity (Wildman–Crippen MR) is 111 cm³/mol. The minimum absolute atomic E-state index is 0.0462. The molecule has 0 bridgehead atoms. The van der Waals surface area contributed by atoms with Crippen molar-refractivity contribution in [3.05, 3.63) is 53.3 Å². The zero-order valence-corrected chi connectivity index (χ0v) is 17.9. The lowest BCUT2D eigenvalue weighted by Crippen LogP contribution is -2.30. The first-order valence-electron chi connectivity index (χ1n) is 9.25. The molecule has 0 aliphatic rings. The number of hydrogen-bond donors (Lipinski definition) is 1. The lowest BCUT2D eigenvalue weighted by Gasteiger charge is -2.19. The van der Waals surface area contributed by atoms with Gasteiger partial charge in [0.05, 0.1) is 11.6 Å². The Labute approximate surface area is 175 Å². The molecule has 0 fully saturated rings. The van der Waals surface area contributed by atoms with Crippen molar-refractivity contribution < 1.29 is 22.3 Å². The number of ether oxygens (including phenoxy) is 1. The molecule has 0 saturated heterocycles. The van der Waals surface area contributed by atoms with Gasteiger partial charge >= 0.3 is 0 Å². The fourth-order valence-corrected chi connectivity index (χ4v) is 4.64. The van der Waals surface area contributed by atoms with E-state index in [0.29, 0.717) is 30.9 Å². The summed E-state index contributed by atoms with van der Waals surface area (Å²) in [7, 11) is -3.75. The van der Waals surface area contributed by atoms with Crippen molar-refractivity contribution in [1.82, 2.24) is 4.31 Å². The van der Waals surface area contributed by atoms with Gasteiger partial charge in [0.1, 0.15) is 16.5 Å². The van der Waals surface area contributed by atoms with Crippen molar-refractivity contribution in [2.75, 3.05) is 25.0 Å². The number of amides is 1. The Morgan fingerprint density at radius 2 is 1.90 bits per heavy atom. The van der Waals surface area contributed by atoms with Crippen LogP contribution in [0.3, 0.4) is 0 Å². The smallest absolute Gasteiger partial charge is 0.244 e. The monoisotopic (exact) mass is 442 g/mol. The van der Waals surface area contributed by atoms with Gasteiger partial charge in [0.15, 0.2) is 0 Å². The Balaban J connectivity index is 1.95. The van der Waals surface area contributed by atoms with Crippen molar-refractivity contribution >= 4 is 33.2 Å². The van der Waals surface area contributed by atoms with Crippen LogP contribution < -0.4 is 10.1 Å². The van der Waals surface area contributed by atoms with Crippen molar-refractivity contribution in [3.63, 3.8) is 0 Å². The third-order valence-electron chi connectivity index (χ3n) is 4.15. The molecule has 0 atom stereocenters. The van der Waals surface area contributed by atoms with Crippen LogP contribution in [-0.4, -0.2) is 38.3 Å². The number of benzene rings is 2. The number of carbonyl (C=O) groups excluding carboxylic acids is 1. The third kappa shape index (κ3) is 6.42. The summed E-state index contributed by atoms with van der Waals surface area (Å²) in [5, 5.41) is 2.76. The Kier molecular flexibility index (Phi) is 8.43. The van der Waals surface area contributed by atoms with Gasteiger partial charge in [-0.3, -0.25) is 4.79 Å². The molecule has 1 amide bonds. The molecule has 29 heavy (non-hydrogen) atoms. The zero-order chi connectivity index (χ0) is 21.4. The molecule has 0 aliphatic heterocycles. The maximum atomic E-state index is 13.1. The molecule has 2 aromatic rings. The van der Waals surface area contributed by atoms with Gasteiger partial charge < -0.3 is 10.1 Å². The van der Waals surface area contributed by atoms with Crippen molar-refractivity contribution in [3.8, 4) is 5.75 Å². The van der Waals surface area contributed by atoms with Gasteiger partial charge in [-0.25, -0.2) is 12.8 Å². The second-order valence-electron chi connectivity index (χ2n) is 6.19. The van der Waals surface area contributed by atoms with E-state index in [1.165, 1.54) is 28.6 Å². The van der Waals surface area contributed by atoms with Crippen LogP contribution in [0, 0.1) is 5.82 Å². The molecule has 0 aromatic heterocycles. The van der Waals surface area contributed by atoms with E-state index in [-0.39, 0.29) is 28.9 Å². The number of hydrogen-bond acceptors (Lipinski definition) is 4. The van der Waals surface area contributed by atoms with Gasteiger partial charge in [-0.05, 0) is 36.8 Å². The van der Waals surface area contributed by atoms with Crippen molar-refractivity contribution in [2.24, 2.45) is 0 Å². The van der Waals surface area contributed by atoms with Crippen molar-refractivity contribution in [1.29, 1.82) is 0 Å². The van der Waals surface area contributed by atoms with E-state index < -0.39 is 15.8 Å². The minimum atomic E-state index is -3.75. The highest BCUT2D eigenvalue weighted by Crippen LogP contribution is 2.28. The normalized spacial score (nSPS) is 11.5. The lowest BCUT2D eigenvalue weighted by molar-refractivity contribution is -0.116. The second-order valence-corrected chi connectivity index (χ2v) is 8.51. The van der Waals surface area contributed by atoms with Gasteiger partial charge in [-0.1, -0.05) is 31.5 Å². The van der Waals surface area contributed by atoms with Gasteiger partial charge in [0.25, 0.3) is 0 Å². The molecule has 0 radical (unpaired) electrons. The number of halogens is 2. The first kappa shape index (κ1) is 23.1. The zero-order valence-electron chi connectivity index (χ0n) is 16.3. The topological polar surface area (TPSA) is 75.7 Å². The molecule has 0 heterocycles. The van der Waals surface area contributed by atoms with Crippen LogP contribution in [0.25, 0.3) is 0 Å². The Bertz CT molecular complexity index is 949.